The first-order valence-corrected chi connectivity index (χ1v) is 8.37. The maximum Gasteiger partial charge on any atom is 0.340 e. The Hall–Kier alpha value is -4.12. The third-order valence-corrected chi connectivity index (χ3v) is 4.03. The van der Waals surface area contributed by atoms with Crippen LogP contribution in [0.15, 0.2) is 54.7 Å². The molecule has 1 amide bonds. The largest absolute Gasteiger partial charge is 0.452 e. The molecule has 28 heavy (non-hydrogen) atoms. The molecule has 8 heteroatoms. The zero-order valence-corrected chi connectivity index (χ0v) is 15.0. The predicted octanol–water partition coefficient (Wildman–Crippen LogP) is 2.43. The van der Waals surface area contributed by atoms with Crippen molar-refractivity contribution in [2.75, 3.05) is 17.7 Å². The molecule has 3 aromatic rings. The molecule has 0 saturated heterocycles. The number of rotatable bonds is 5. The minimum Gasteiger partial charge on any atom is -0.452 e. The van der Waals surface area contributed by atoms with Gasteiger partial charge < -0.3 is 15.8 Å². The van der Waals surface area contributed by atoms with Crippen molar-refractivity contribution in [2.24, 2.45) is 0 Å². The Bertz CT molecular complexity index is 1070. The Morgan fingerprint density at radius 2 is 1.96 bits per heavy atom. The number of carbonyl (C=O) groups is 2. The summed E-state index contributed by atoms with van der Waals surface area (Å²) < 4.78 is 6.48. The molecule has 0 aliphatic heterocycles. The predicted molar refractivity (Wildman–Crippen MR) is 103 cm³/mol. The van der Waals surface area contributed by atoms with Crippen molar-refractivity contribution in [3.8, 4) is 11.8 Å². The first-order chi connectivity index (χ1) is 13.5. The van der Waals surface area contributed by atoms with E-state index >= 15 is 0 Å². The van der Waals surface area contributed by atoms with E-state index in [2.05, 4.69) is 10.4 Å². The van der Waals surface area contributed by atoms with Crippen LogP contribution in [0, 0.1) is 18.3 Å². The second kappa shape index (κ2) is 8.05. The molecule has 3 N–H and O–H groups in total. The number of carbonyl (C=O) groups excluding carboxylic acids is 2. The molecule has 8 nitrogen and oxygen atoms in total. The van der Waals surface area contributed by atoms with Gasteiger partial charge in [0.2, 0.25) is 0 Å². The van der Waals surface area contributed by atoms with Gasteiger partial charge in [-0.3, -0.25) is 4.79 Å². The fourth-order valence-electron chi connectivity index (χ4n) is 2.55. The summed E-state index contributed by atoms with van der Waals surface area (Å²) >= 11 is 0. The molecule has 1 aromatic heterocycles. The Balaban J connectivity index is 1.72. The number of nitrogen functional groups attached to an aromatic ring is 1. The van der Waals surface area contributed by atoms with Gasteiger partial charge in [-0.05, 0) is 30.7 Å². The van der Waals surface area contributed by atoms with Gasteiger partial charge in [0, 0.05) is 5.69 Å². The maximum atomic E-state index is 12.3. The summed E-state index contributed by atoms with van der Waals surface area (Å²) in [6, 6.07) is 16.0. The van der Waals surface area contributed by atoms with Crippen molar-refractivity contribution in [2.45, 2.75) is 6.92 Å². The summed E-state index contributed by atoms with van der Waals surface area (Å²) in [6.07, 6.45) is 1.35. The number of nitrogens with one attached hydrogen (secondary N) is 1. The van der Waals surface area contributed by atoms with E-state index in [-0.39, 0.29) is 16.9 Å². The van der Waals surface area contributed by atoms with Crippen LogP contribution in [0.25, 0.3) is 5.69 Å². The van der Waals surface area contributed by atoms with Crippen molar-refractivity contribution in [3.05, 3.63) is 71.4 Å². The van der Waals surface area contributed by atoms with Crippen molar-refractivity contribution in [1.29, 1.82) is 5.26 Å². The molecular formula is C20H17N5O3. The van der Waals surface area contributed by atoms with Crippen LogP contribution in [0.4, 0.5) is 11.5 Å². The number of benzene rings is 2. The topological polar surface area (TPSA) is 123 Å². The molecule has 0 aliphatic rings. The van der Waals surface area contributed by atoms with Gasteiger partial charge in [0.25, 0.3) is 5.91 Å². The SMILES string of the molecule is Cc1cccc(C(=O)OCC(=O)Nc2c(C#N)cnn2-c2ccccc2)c1N. The van der Waals surface area contributed by atoms with Gasteiger partial charge in [0.05, 0.1) is 17.4 Å². The number of nitrogens with zero attached hydrogens (tertiary/aromatic N) is 3. The highest BCUT2D eigenvalue weighted by molar-refractivity contribution is 5.98. The Kier molecular flexibility index (Phi) is 5.37. The number of hydrogen-bond donors (Lipinski definition) is 2. The minimum absolute atomic E-state index is 0.187. The summed E-state index contributed by atoms with van der Waals surface area (Å²) in [5, 5.41) is 16.0. The molecule has 0 fully saturated rings. The Labute approximate surface area is 161 Å². The fourth-order valence-corrected chi connectivity index (χ4v) is 2.55. The zero-order valence-electron chi connectivity index (χ0n) is 15.0. The van der Waals surface area contributed by atoms with Crippen LogP contribution in [-0.2, 0) is 9.53 Å². The van der Waals surface area contributed by atoms with Gasteiger partial charge in [0.15, 0.2) is 12.4 Å². The van der Waals surface area contributed by atoms with E-state index in [1.54, 1.807) is 31.2 Å². The van der Waals surface area contributed by atoms with E-state index in [1.807, 2.05) is 24.3 Å². The molecule has 2 aromatic carbocycles. The van der Waals surface area contributed by atoms with Crippen LogP contribution in [0.1, 0.15) is 21.5 Å². The molecule has 0 saturated carbocycles. The van der Waals surface area contributed by atoms with Crippen molar-refractivity contribution >= 4 is 23.4 Å². The lowest BCUT2D eigenvalue weighted by Crippen LogP contribution is -2.23. The normalized spacial score (nSPS) is 10.1. The molecular weight excluding hydrogens is 358 g/mol. The van der Waals surface area contributed by atoms with Crippen LogP contribution < -0.4 is 11.1 Å². The summed E-state index contributed by atoms with van der Waals surface area (Å²) in [5.74, 6) is -1.10. The third kappa shape index (κ3) is 3.83. The average Bonchev–Trinajstić information content (AvgIpc) is 3.11. The summed E-state index contributed by atoms with van der Waals surface area (Å²) in [6.45, 7) is 1.24. The van der Waals surface area contributed by atoms with Crippen LogP contribution in [-0.4, -0.2) is 28.3 Å². The molecule has 140 valence electrons. The number of esters is 1. The number of para-hydroxylation sites is 2. The van der Waals surface area contributed by atoms with Gasteiger partial charge in [-0.2, -0.15) is 10.4 Å². The highest BCUT2D eigenvalue weighted by atomic mass is 16.5. The van der Waals surface area contributed by atoms with Crippen LogP contribution >= 0.6 is 0 Å². The number of nitrogens with two attached hydrogens (primary N) is 1. The lowest BCUT2D eigenvalue weighted by Gasteiger charge is -2.11. The van der Waals surface area contributed by atoms with Gasteiger partial charge in [-0.15, -0.1) is 0 Å². The first kappa shape index (κ1) is 18.7. The number of hydrogen-bond acceptors (Lipinski definition) is 6. The fraction of sp³-hybridized carbons (Fsp3) is 0.100. The highest BCUT2D eigenvalue weighted by Gasteiger charge is 2.18. The molecule has 3 rings (SSSR count). The number of aromatic nitrogens is 2. The first-order valence-electron chi connectivity index (χ1n) is 8.37. The molecule has 0 unspecified atom stereocenters. The monoisotopic (exact) mass is 375 g/mol. The summed E-state index contributed by atoms with van der Waals surface area (Å²) in [5.41, 5.74) is 7.97. The number of amides is 1. The van der Waals surface area contributed by atoms with E-state index in [0.717, 1.165) is 5.56 Å². The van der Waals surface area contributed by atoms with Crippen molar-refractivity contribution in [1.82, 2.24) is 9.78 Å². The number of nitriles is 1. The second-order valence-electron chi connectivity index (χ2n) is 5.93. The molecule has 0 bridgehead atoms. The highest BCUT2D eigenvalue weighted by Crippen LogP contribution is 2.20. The molecule has 0 radical (unpaired) electrons. The van der Waals surface area contributed by atoms with Gasteiger partial charge in [-0.25, -0.2) is 9.48 Å². The summed E-state index contributed by atoms with van der Waals surface area (Å²) in [7, 11) is 0. The van der Waals surface area contributed by atoms with E-state index < -0.39 is 18.5 Å². The zero-order chi connectivity index (χ0) is 20.1. The van der Waals surface area contributed by atoms with Gasteiger partial charge in [0.1, 0.15) is 11.6 Å². The van der Waals surface area contributed by atoms with E-state index in [0.29, 0.717) is 11.4 Å². The Morgan fingerprint density at radius 3 is 2.68 bits per heavy atom. The molecule has 0 aliphatic carbocycles. The van der Waals surface area contributed by atoms with E-state index in [9.17, 15) is 14.9 Å². The van der Waals surface area contributed by atoms with Gasteiger partial charge in [-0.1, -0.05) is 30.3 Å². The number of ether oxygens (including phenoxy) is 1. The molecule has 1 heterocycles. The van der Waals surface area contributed by atoms with E-state index in [4.69, 9.17) is 10.5 Å². The minimum atomic E-state index is -0.701. The summed E-state index contributed by atoms with van der Waals surface area (Å²) in [4.78, 5) is 24.5. The van der Waals surface area contributed by atoms with Crippen molar-refractivity contribution < 1.29 is 14.3 Å². The standard InChI is InChI=1S/C20H17N5O3/c1-13-6-5-9-16(18(13)22)20(27)28-12-17(26)24-19-14(10-21)11-23-25(19)15-7-3-2-4-8-15/h2-9,11H,12,22H2,1H3,(H,24,26). The van der Waals surface area contributed by atoms with Crippen molar-refractivity contribution in [3.63, 3.8) is 0 Å². The van der Waals surface area contributed by atoms with Crippen LogP contribution in [0.3, 0.4) is 0 Å². The lowest BCUT2D eigenvalue weighted by molar-refractivity contribution is -0.119. The van der Waals surface area contributed by atoms with E-state index in [1.165, 1.54) is 16.9 Å². The average molecular weight is 375 g/mol. The smallest absolute Gasteiger partial charge is 0.340 e. The van der Waals surface area contributed by atoms with Crippen LogP contribution in [0.5, 0.6) is 0 Å². The molecule has 0 spiro atoms. The lowest BCUT2D eigenvalue weighted by atomic mass is 10.1. The van der Waals surface area contributed by atoms with Crippen LogP contribution in [0.2, 0.25) is 0 Å². The number of aryl methyl sites for hydroxylation is 1. The second-order valence-corrected chi connectivity index (χ2v) is 5.93. The Morgan fingerprint density at radius 1 is 1.21 bits per heavy atom. The van der Waals surface area contributed by atoms with Gasteiger partial charge >= 0.3 is 5.97 Å². The quantitative estimate of drug-likeness (QED) is 0.521. The maximum absolute atomic E-state index is 12.3. The number of anilines is 2. The molecule has 0 atom stereocenters. The third-order valence-electron chi connectivity index (χ3n) is 4.03.